The smallest absolute Gasteiger partial charge is 0.330 e. The van der Waals surface area contributed by atoms with E-state index in [1.165, 1.54) is 0 Å². The minimum absolute atomic E-state index is 0.0971. The third kappa shape index (κ3) is 5.81. The lowest BCUT2D eigenvalue weighted by Crippen LogP contribution is -2.13. The normalized spacial score (nSPS) is 13.3. The zero-order chi connectivity index (χ0) is 8.69. The fraction of sp³-hybridized carbons (Fsp3) is 0.571. The molecule has 1 atom stereocenters. The molecule has 0 saturated carbocycles. The summed E-state index contributed by atoms with van der Waals surface area (Å²) < 4.78 is 4.86. The third-order valence-electron chi connectivity index (χ3n) is 1.25. The predicted octanol–water partition coefficient (Wildman–Crippen LogP) is -0.0114. The molecule has 0 rings (SSSR count). The molecule has 11 heavy (non-hydrogen) atoms. The van der Waals surface area contributed by atoms with Crippen molar-refractivity contribution in [1.82, 2.24) is 0 Å². The number of rotatable bonds is 5. The molecule has 0 heterocycles. The molecular weight excluding hydrogens is 160 g/mol. The van der Waals surface area contributed by atoms with Crippen molar-refractivity contribution in [2.45, 2.75) is 25.5 Å². The van der Waals surface area contributed by atoms with Crippen molar-refractivity contribution < 1.29 is 14.3 Å². The summed E-state index contributed by atoms with van der Waals surface area (Å²) in [5.74, 6) is -0.392. The van der Waals surface area contributed by atoms with Crippen LogP contribution >= 0.6 is 0 Å². The lowest BCUT2D eigenvalue weighted by atomic mass is 10.3. The highest BCUT2D eigenvalue weighted by Crippen LogP contribution is 2.01. The molecule has 0 saturated heterocycles. The first-order valence-corrected chi connectivity index (χ1v) is 5.28. The summed E-state index contributed by atoms with van der Waals surface area (Å²) in [4.78, 5) is 19.2. The highest BCUT2D eigenvalue weighted by Gasteiger charge is 2.04. The van der Waals surface area contributed by atoms with Crippen LogP contribution in [0, 0.1) is 0 Å². The van der Waals surface area contributed by atoms with Gasteiger partial charge in [0.1, 0.15) is 0 Å². The largest absolute Gasteiger partial charge is 0.460 e. The molecule has 64 valence electrons. The Morgan fingerprint density at radius 2 is 2.55 bits per heavy atom. The fourth-order valence-electron chi connectivity index (χ4n) is 0.684. The van der Waals surface area contributed by atoms with E-state index in [0.29, 0.717) is 0 Å². The van der Waals surface area contributed by atoms with Crippen LogP contribution in [0.2, 0.25) is 6.04 Å². The molecule has 0 fully saturated rings. The van der Waals surface area contributed by atoms with E-state index in [1.807, 2.05) is 6.92 Å². The fourth-order valence-corrected chi connectivity index (χ4v) is 1.44. The molecule has 0 spiro atoms. The summed E-state index contributed by atoms with van der Waals surface area (Å²) in [5.41, 5.74) is 0. The minimum Gasteiger partial charge on any atom is -0.460 e. The van der Waals surface area contributed by atoms with E-state index in [2.05, 4.69) is 6.58 Å². The van der Waals surface area contributed by atoms with Crippen LogP contribution < -0.4 is 0 Å². The van der Waals surface area contributed by atoms with Gasteiger partial charge in [0.15, 0.2) is 9.76 Å². The van der Waals surface area contributed by atoms with Crippen molar-refractivity contribution in [2.24, 2.45) is 0 Å². The topological polar surface area (TPSA) is 46.5 Å². The maximum absolute atomic E-state index is 10.6. The summed E-state index contributed by atoms with van der Waals surface area (Å²) in [6.07, 6.45) is 1.80. The Balaban J connectivity index is 3.43. The standard InChI is InChI=1S/C7H14O3Si/c1-3-7(8)10-6(2)4-5-11-9/h3,6,9H,1,4-5,11H2,2H3. The first kappa shape index (κ1) is 10.4. The SMILES string of the molecule is C=CC(=O)OC(C)CC[SiH2]O. The van der Waals surface area contributed by atoms with Gasteiger partial charge in [-0.15, -0.1) is 0 Å². The van der Waals surface area contributed by atoms with Crippen LogP contribution in [-0.2, 0) is 9.53 Å². The van der Waals surface area contributed by atoms with Gasteiger partial charge in [0.05, 0.1) is 6.10 Å². The molecular formula is C7H14O3Si. The summed E-state index contributed by atoms with van der Waals surface area (Å²) in [5, 5.41) is 0. The van der Waals surface area contributed by atoms with E-state index in [1.54, 1.807) is 0 Å². The molecule has 4 heteroatoms. The Kier molecular flexibility index (Phi) is 5.78. The van der Waals surface area contributed by atoms with Gasteiger partial charge in [-0.05, 0) is 19.4 Å². The molecule has 0 aromatic rings. The lowest BCUT2D eigenvalue weighted by Gasteiger charge is -2.09. The van der Waals surface area contributed by atoms with E-state index in [-0.39, 0.29) is 6.10 Å². The van der Waals surface area contributed by atoms with E-state index in [4.69, 9.17) is 9.53 Å². The Labute approximate surface area is 69.0 Å². The number of hydrogen-bond donors (Lipinski definition) is 1. The Morgan fingerprint density at radius 3 is 3.00 bits per heavy atom. The molecule has 0 aromatic carbocycles. The molecule has 3 nitrogen and oxygen atoms in total. The van der Waals surface area contributed by atoms with Crippen LogP contribution in [0.25, 0.3) is 0 Å². The highest BCUT2D eigenvalue weighted by atomic mass is 28.2. The van der Waals surface area contributed by atoms with Gasteiger partial charge in [-0.25, -0.2) is 4.79 Å². The molecule has 0 aliphatic heterocycles. The number of esters is 1. The van der Waals surface area contributed by atoms with Gasteiger partial charge in [0.2, 0.25) is 0 Å². The molecule has 0 amide bonds. The maximum atomic E-state index is 10.6. The summed E-state index contributed by atoms with van der Waals surface area (Å²) in [7, 11) is -0.886. The zero-order valence-corrected chi connectivity index (χ0v) is 8.16. The van der Waals surface area contributed by atoms with Crippen molar-refractivity contribution >= 4 is 15.7 Å². The number of ether oxygens (including phenoxy) is 1. The summed E-state index contributed by atoms with van der Waals surface area (Å²) in [6, 6.07) is 0.797. The highest BCUT2D eigenvalue weighted by molar-refractivity contribution is 6.25. The van der Waals surface area contributed by atoms with Crippen molar-refractivity contribution in [3.8, 4) is 0 Å². The monoisotopic (exact) mass is 174 g/mol. The predicted molar refractivity (Wildman–Crippen MR) is 45.9 cm³/mol. The molecule has 0 aliphatic carbocycles. The second-order valence-electron chi connectivity index (χ2n) is 2.32. The first-order chi connectivity index (χ1) is 5.20. The van der Waals surface area contributed by atoms with Gasteiger partial charge < -0.3 is 9.53 Å². The van der Waals surface area contributed by atoms with Gasteiger partial charge in [0.25, 0.3) is 0 Å². The van der Waals surface area contributed by atoms with Crippen LogP contribution in [0.3, 0.4) is 0 Å². The molecule has 0 bridgehead atoms. The van der Waals surface area contributed by atoms with Gasteiger partial charge in [0, 0.05) is 6.08 Å². The van der Waals surface area contributed by atoms with E-state index in [0.717, 1.165) is 18.5 Å². The van der Waals surface area contributed by atoms with Crippen LogP contribution in [0.15, 0.2) is 12.7 Å². The van der Waals surface area contributed by atoms with Gasteiger partial charge in [-0.3, -0.25) is 0 Å². The van der Waals surface area contributed by atoms with E-state index in [9.17, 15) is 4.79 Å². The van der Waals surface area contributed by atoms with Crippen molar-refractivity contribution in [3.05, 3.63) is 12.7 Å². The maximum Gasteiger partial charge on any atom is 0.330 e. The Bertz CT molecular complexity index is 136. The van der Waals surface area contributed by atoms with Crippen molar-refractivity contribution in [1.29, 1.82) is 0 Å². The van der Waals surface area contributed by atoms with E-state index >= 15 is 0 Å². The zero-order valence-electron chi connectivity index (χ0n) is 6.75. The molecule has 0 aliphatic rings. The summed E-state index contributed by atoms with van der Waals surface area (Å²) >= 11 is 0. The third-order valence-corrected chi connectivity index (χ3v) is 1.98. The lowest BCUT2D eigenvalue weighted by molar-refractivity contribution is -0.142. The molecule has 0 radical (unpaired) electrons. The Morgan fingerprint density at radius 1 is 1.91 bits per heavy atom. The average Bonchev–Trinajstić information content (AvgIpc) is 2.00. The van der Waals surface area contributed by atoms with Gasteiger partial charge in [-0.1, -0.05) is 6.58 Å². The van der Waals surface area contributed by atoms with Gasteiger partial charge >= 0.3 is 5.97 Å². The minimum atomic E-state index is -0.886. The first-order valence-electron chi connectivity index (χ1n) is 3.64. The molecule has 0 aromatic heterocycles. The second kappa shape index (κ2) is 6.12. The van der Waals surface area contributed by atoms with Gasteiger partial charge in [-0.2, -0.15) is 0 Å². The van der Waals surface area contributed by atoms with Crippen LogP contribution in [0.4, 0.5) is 0 Å². The molecule has 1 N–H and O–H groups in total. The average molecular weight is 174 g/mol. The van der Waals surface area contributed by atoms with Crippen LogP contribution in [0.5, 0.6) is 0 Å². The number of hydrogen-bond acceptors (Lipinski definition) is 3. The van der Waals surface area contributed by atoms with Crippen LogP contribution in [0.1, 0.15) is 13.3 Å². The molecule has 1 unspecified atom stereocenters. The van der Waals surface area contributed by atoms with E-state index < -0.39 is 15.7 Å². The quantitative estimate of drug-likeness (QED) is 0.362. The van der Waals surface area contributed by atoms with Crippen molar-refractivity contribution in [3.63, 3.8) is 0 Å². The number of carbonyl (C=O) groups excluding carboxylic acids is 1. The second-order valence-corrected chi connectivity index (χ2v) is 3.47. The van der Waals surface area contributed by atoms with Crippen molar-refractivity contribution in [2.75, 3.05) is 0 Å². The summed E-state index contributed by atoms with van der Waals surface area (Å²) in [6.45, 7) is 5.09. The Hall–Kier alpha value is -0.613. The number of carbonyl (C=O) groups is 1. The van der Waals surface area contributed by atoms with Crippen LogP contribution in [-0.4, -0.2) is 26.6 Å².